The van der Waals surface area contributed by atoms with Crippen LogP contribution in [0.4, 0.5) is 11.4 Å². The molecule has 1 amide bonds. The fourth-order valence-electron chi connectivity index (χ4n) is 1.81. The van der Waals surface area contributed by atoms with Crippen molar-refractivity contribution in [2.45, 2.75) is 0 Å². The summed E-state index contributed by atoms with van der Waals surface area (Å²) in [5.41, 5.74) is 8.47. The van der Waals surface area contributed by atoms with Gasteiger partial charge in [0.05, 0.1) is 11.4 Å². The second kappa shape index (κ2) is 7.03. The fraction of sp³-hybridized carbons (Fsp3) is 0.0625. The maximum Gasteiger partial charge on any atom is 0.274 e. The minimum Gasteiger partial charge on any atom is -0.397 e. The van der Waals surface area contributed by atoms with Crippen LogP contribution in [-0.2, 0) is 0 Å². The van der Waals surface area contributed by atoms with Crippen LogP contribution >= 0.6 is 0 Å². The highest BCUT2D eigenvalue weighted by Gasteiger charge is 2.09. The standard InChI is InChI=1S/C16H17N5O/c1-19-11-5-7-12(8-6-11)20-16(22)15-4-2-3-14(21-15)13(18)9-10-17/h2-10,17,19H,18H2,1H3,(H,20,22)/b13-9-,17-10?. The van der Waals surface area contributed by atoms with Crippen molar-refractivity contribution in [3.05, 3.63) is 59.9 Å². The van der Waals surface area contributed by atoms with E-state index in [-0.39, 0.29) is 11.6 Å². The molecule has 1 heterocycles. The lowest BCUT2D eigenvalue weighted by atomic mass is 10.2. The number of carbonyl (C=O) groups is 1. The third kappa shape index (κ3) is 3.69. The third-order valence-corrected chi connectivity index (χ3v) is 2.97. The topological polar surface area (TPSA) is 104 Å². The molecule has 0 saturated carbocycles. The molecule has 0 aliphatic heterocycles. The summed E-state index contributed by atoms with van der Waals surface area (Å²) in [4.78, 5) is 16.4. The van der Waals surface area contributed by atoms with E-state index in [4.69, 9.17) is 11.1 Å². The monoisotopic (exact) mass is 295 g/mol. The van der Waals surface area contributed by atoms with Gasteiger partial charge in [0, 0.05) is 24.6 Å². The lowest BCUT2D eigenvalue weighted by molar-refractivity contribution is 0.102. The second-order valence-electron chi connectivity index (χ2n) is 4.48. The lowest BCUT2D eigenvalue weighted by Crippen LogP contribution is -2.15. The van der Waals surface area contributed by atoms with Gasteiger partial charge >= 0.3 is 0 Å². The Hall–Kier alpha value is -3.15. The number of amides is 1. The summed E-state index contributed by atoms with van der Waals surface area (Å²) in [6, 6.07) is 12.3. The number of benzene rings is 1. The molecule has 0 spiro atoms. The molecule has 6 heteroatoms. The van der Waals surface area contributed by atoms with Crippen molar-refractivity contribution >= 4 is 29.2 Å². The Kier molecular flexibility index (Phi) is 4.87. The van der Waals surface area contributed by atoms with E-state index in [1.807, 2.05) is 19.2 Å². The molecule has 0 fully saturated rings. The molecular formula is C16H17N5O. The van der Waals surface area contributed by atoms with E-state index in [2.05, 4.69) is 15.6 Å². The molecule has 0 aliphatic rings. The number of nitrogens with one attached hydrogen (secondary N) is 3. The Morgan fingerprint density at radius 1 is 1.14 bits per heavy atom. The summed E-state index contributed by atoms with van der Waals surface area (Å²) < 4.78 is 0. The van der Waals surface area contributed by atoms with Crippen molar-refractivity contribution in [1.29, 1.82) is 5.41 Å². The highest BCUT2D eigenvalue weighted by molar-refractivity contribution is 6.03. The predicted molar refractivity (Wildman–Crippen MR) is 89.1 cm³/mol. The maximum absolute atomic E-state index is 12.2. The first-order valence-electron chi connectivity index (χ1n) is 6.67. The molecule has 2 aromatic rings. The minimum absolute atomic E-state index is 0.261. The highest BCUT2D eigenvalue weighted by Crippen LogP contribution is 2.14. The number of aromatic nitrogens is 1. The van der Waals surface area contributed by atoms with E-state index in [1.165, 1.54) is 6.08 Å². The van der Waals surface area contributed by atoms with Crippen LogP contribution in [-0.4, -0.2) is 24.2 Å². The van der Waals surface area contributed by atoms with Crippen molar-refractivity contribution in [3.63, 3.8) is 0 Å². The van der Waals surface area contributed by atoms with Crippen molar-refractivity contribution in [3.8, 4) is 0 Å². The number of nitrogens with zero attached hydrogens (tertiary/aromatic N) is 1. The molecule has 1 aromatic carbocycles. The molecule has 22 heavy (non-hydrogen) atoms. The zero-order chi connectivity index (χ0) is 15.9. The van der Waals surface area contributed by atoms with E-state index in [9.17, 15) is 4.79 Å². The summed E-state index contributed by atoms with van der Waals surface area (Å²) in [6.07, 6.45) is 2.49. The van der Waals surface area contributed by atoms with E-state index in [0.717, 1.165) is 11.9 Å². The molecule has 0 aliphatic carbocycles. The van der Waals surface area contributed by atoms with Crippen LogP contribution in [0.5, 0.6) is 0 Å². The fourth-order valence-corrected chi connectivity index (χ4v) is 1.81. The number of carbonyl (C=O) groups excluding carboxylic acids is 1. The number of hydrogen-bond donors (Lipinski definition) is 4. The largest absolute Gasteiger partial charge is 0.397 e. The van der Waals surface area contributed by atoms with Crippen LogP contribution in [0.2, 0.25) is 0 Å². The molecule has 2 rings (SSSR count). The zero-order valence-electron chi connectivity index (χ0n) is 12.1. The minimum atomic E-state index is -0.318. The van der Waals surface area contributed by atoms with Crippen molar-refractivity contribution in [2.75, 3.05) is 17.7 Å². The number of allylic oxidation sites excluding steroid dienone is 1. The Labute approximate surface area is 128 Å². The Bertz CT molecular complexity index is 707. The van der Waals surface area contributed by atoms with E-state index in [0.29, 0.717) is 17.1 Å². The average Bonchev–Trinajstić information content (AvgIpc) is 2.56. The SMILES string of the molecule is CNc1ccc(NC(=O)c2cccc(/C(N)=C/C=N)n2)cc1. The first-order valence-corrected chi connectivity index (χ1v) is 6.67. The molecule has 5 N–H and O–H groups in total. The molecule has 0 unspecified atom stereocenters. The first-order chi connectivity index (χ1) is 10.6. The lowest BCUT2D eigenvalue weighted by Gasteiger charge is -2.07. The van der Waals surface area contributed by atoms with Crippen LogP contribution in [0.25, 0.3) is 5.70 Å². The number of pyridine rings is 1. The van der Waals surface area contributed by atoms with Gasteiger partial charge in [-0.1, -0.05) is 6.07 Å². The molecule has 0 atom stereocenters. The first kappa shape index (κ1) is 15.2. The van der Waals surface area contributed by atoms with Gasteiger partial charge in [0.25, 0.3) is 5.91 Å². The van der Waals surface area contributed by atoms with E-state index in [1.54, 1.807) is 30.3 Å². The van der Waals surface area contributed by atoms with Gasteiger partial charge in [-0.15, -0.1) is 0 Å². The normalized spacial score (nSPS) is 10.9. The van der Waals surface area contributed by atoms with Crippen molar-refractivity contribution in [1.82, 2.24) is 4.98 Å². The zero-order valence-corrected chi connectivity index (χ0v) is 12.1. The molecule has 0 saturated heterocycles. The van der Waals surface area contributed by atoms with Gasteiger partial charge in [-0.05, 0) is 42.5 Å². The summed E-state index contributed by atoms with van der Waals surface area (Å²) in [5, 5.41) is 12.8. The molecular weight excluding hydrogens is 278 g/mol. The maximum atomic E-state index is 12.2. The predicted octanol–water partition coefficient (Wildman–Crippen LogP) is 2.32. The Morgan fingerprint density at radius 3 is 2.41 bits per heavy atom. The van der Waals surface area contributed by atoms with Crippen LogP contribution in [0, 0.1) is 5.41 Å². The van der Waals surface area contributed by atoms with E-state index < -0.39 is 0 Å². The van der Waals surface area contributed by atoms with Crippen LogP contribution < -0.4 is 16.4 Å². The summed E-state index contributed by atoms with van der Waals surface area (Å²) in [7, 11) is 1.83. The second-order valence-corrected chi connectivity index (χ2v) is 4.48. The molecule has 0 bridgehead atoms. The van der Waals surface area contributed by atoms with Gasteiger partial charge in [-0.2, -0.15) is 0 Å². The average molecular weight is 295 g/mol. The van der Waals surface area contributed by atoms with Gasteiger partial charge in [0.15, 0.2) is 0 Å². The smallest absolute Gasteiger partial charge is 0.274 e. The summed E-state index contributed by atoms with van der Waals surface area (Å²) in [6.45, 7) is 0. The number of hydrogen-bond acceptors (Lipinski definition) is 5. The van der Waals surface area contributed by atoms with Crippen LogP contribution in [0.1, 0.15) is 16.2 Å². The molecule has 6 nitrogen and oxygen atoms in total. The third-order valence-electron chi connectivity index (χ3n) is 2.97. The van der Waals surface area contributed by atoms with Crippen LogP contribution in [0.3, 0.4) is 0 Å². The Morgan fingerprint density at radius 2 is 1.77 bits per heavy atom. The number of anilines is 2. The van der Waals surface area contributed by atoms with Crippen molar-refractivity contribution in [2.24, 2.45) is 5.73 Å². The van der Waals surface area contributed by atoms with Gasteiger partial charge < -0.3 is 21.8 Å². The number of nitrogens with two attached hydrogens (primary N) is 1. The number of rotatable bonds is 5. The summed E-state index contributed by atoms with van der Waals surface area (Å²) >= 11 is 0. The summed E-state index contributed by atoms with van der Waals surface area (Å²) in [5.74, 6) is -0.318. The molecule has 1 aromatic heterocycles. The van der Waals surface area contributed by atoms with E-state index >= 15 is 0 Å². The molecule has 0 radical (unpaired) electrons. The van der Waals surface area contributed by atoms with Gasteiger partial charge in [-0.3, -0.25) is 4.79 Å². The quantitative estimate of drug-likeness (QED) is 0.635. The van der Waals surface area contributed by atoms with Gasteiger partial charge in [-0.25, -0.2) is 4.98 Å². The highest BCUT2D eigenvalue weighted by atomic mass is 16.1. The van der Waals surface area contributed by atoms with Crippen molar-refractivity contribution < 1.29 is 4.79 Å². The van der Waals surface area contributed by atoms with Gasteiger partial charge in [0.2, 0.25) is 0 Å². The van der Waals surface area contributed by atoms with Crippen LogP contribution in [0.15, 0.2) is 48.5 Å². The van der Waals surface area contributed by atoms with Gasteiger partial charge in [0.1, 0.15) is 5.69 Å². The Balaban J connectivity index is 2.16. The molecule has 112 valence electrons.